The molecule has 2 saturated heterocycles. The Morgan fingerprint density at radius 1 is 0.614 bits per heavy atom. The van der Waals surface area contributed by atoms with Gasteiger partial charge >= 0.3 is 0 Å². The lowest BCUT2D eigenvalue weighted by Crippen LogP contribution is -2.36. The zero-order chi connectivity index (χ0) is 38.6. The van der Waals surface area contributed by atoms with Crippen LogP contribution in [0.3, 0.4) is 0 Å². The topological polar surface area (TPSA) is 160 Å². The molecule has 4 fully saturated rings. The molecule has 6 aromatic rings. The molecular formula is C42H50N12OS2. The highest BCUT2D eigenvalue weighted by atomic mass is 32.1. The fourth-order valence-electron chi connectivity index (χ4n) is 8.78. The minimum atomic E-state index is 0.162. The molecule has 2 aliphatic carbocycles. The Balaban J connectivity index is 0.000000149. The summed E-state index contributed by atoms with van der Waals surface area (Å²) < 4.78 is 0. The van der Waals surface area contributed by atoms with Crippen molar-refractivity contribution in [2.75, 3.05) is 36.8 Å². The standard InChI is InChI=1S/C22H26N6OS.C20H24N6S/c1-14(29)28-10-8-15(9-11-28)17-12-19-18(23-13-17)6-7-20(24-19)25-22-27-26-21(30-22)16-4-2-3-5-16;1-2-4-14(3-1)19-25-26-20(27-19)24-18-6-5-16-17(23-18)11-15(12-22-16)13-7-9-21-10-8-13/h6-7,12-13,15-16H,2-5,8-11H2,1H3,(H,24,25,27);5-6,11-14,21H,1-4,7-10H2,(H,23,24,26). The summed E-state index contributed by atoms with van der Waals surface area (Å²) >= 11 is 3.30. The summed E-state index contributed by atoms with van der Waals surface area (Å²) in [5.74, 6) is 3.91. The van der Waals surface area contributed by atoms with Crippen LogP contribution in [0.2, 0.25) is 0 Å². The Labute approximate surface area is 341 Å². The van der Waals surface area contributed by atoms with Crippen LogP contribution < -0.4 is 16.0 Å². The number of amides is 1. The van der Waals surface area contributed by atoms with E-state index in [1.54, 1.807) is 29.6 Å². The van der Waals surface area contributed by atoms with Gasteiger partial charge in [-0.2, -0.15) is 0 Å². The Hall–Kier alpha value is -4.73. The largest absolute Gasteiger partial charge is 0.343 e. The molecule has 10 rings (SSSR count). The predicted octanol–water partition coefficient (Wildman–Crippen LogP) is 8.96. The van der Waals surface area contributed by atoms with Gasteiger partial charge in [0.1, 0.15) is 21.7 Å². The lowest BCUT2D eigenvalue weighted by Gasteiger charge is -2.31. The van der Waals surface area contributed by atoms with E-state index >= 15 is 0 Å². The molecule has 2 saturated carbocycles. The minimum absolute atomic E-state index is 0.162. The number of hydrogen-bond donors (Lipinski definition) is 3. The van der Waals surface area contributed by atoms with Crippen molar-refractivity contribution in [1.82, 2.24) is 50.5 Å². The number of fused-ring (bicyclic) bond motifs is 2. The molecule has 3 N–H and O–H groups in total. The van der Waals surface area contributed by atoms with Crippen LogP contribution in [0.5, 0.6) is 0 Å². The first kappa shape index (κ1) is 37.8. The van der Waals surface area contributed by atoms with Crippen molar-refractivity contribution in [2.24, 2.45) is 0 Å². The summed E-state index contributed by atoms with van der Waals surface area (Å²) in [5.41, 5.74) is 6.14. The number of nitrogens with zero attached hydrogens (tertiary/aromatic N) is 9. The average molecular weight is 803 g/mol. The summed E-state index contributed by atoms with van der Waals surface area (Å²) in [6.07, 6.45) is 18.4. The fourth-order valence-corrected chi connectivity index (χ4v) is 10.6. The SMILES string of the molecule is CC(=O)N1CCC(c2cnc3ccc(Nc4nnc(C5CCCC5)s4)nc3c2)CC1.c1nc2ccc(Nc3nnc(C4CCCC4)s3)nc2cc1C1CCNCC1. The van der Waals surface area contributed by atoms with E-state index in [0.29, 0.717) is 23.7 Å². The van der Waals surface area contributed by atoms with Gasteiger partial charge in [-0.3, -0.25) is 14.8 Å². The lowest BCUT2D eigenvalue weighted by atomic mass is 9.90. The van der Waals surface area contributed by atoms with Crippen LogP contribution in [-0.2, 0) is 4.79 Å². The van der Waals surface area contributed by atoms with Gasteiger partial charge in [-0.05, 0) is 124 Å². The maximum absolute atomic E-state index is 11.6. The Morgan fingerprint density at radius 3 is 1.56 bits per heavy atom. The quantitative estimate of drug-likeness (QED) is 0.134. The highest BCUT2D eigenvalue weighted by molar-refractivity contribution is 7.15. The molecule has 4 aliphatic rings. The second-order valence-electron chi connectivity index (χ2n) is 15.9. The second kappa shape index (κ2) is 17.4. The normalized spacial score (nSPS) is 18.6. The molecule has 57 heavy (non-hydrogen) atoms. The summed E-state index contributed by atoms with van der Waals surface area (Å²) in [7, 11) is 0. The van der Waals surface area contributed by atoms with Gasteiger partial charge in [-0.15, -0.1) is 20.4 Å². The van der Waals surface area contributed by atoms with Crippen molar-refractivity contribution >= 4 is 72.5 Å². The molecule has 296 valence electrons. The van der Waals surface area contributed by atoms with Crippen molar-refractivity contribution in [3.8, 4) is 0 Å². The molecule has 13 nitrogen and oxygen atoms in total. The number of likely N-dealkylation sites (tertiary alicyclic amines) is 1. The van der Waals surface area contributed by atoms with Crippen LogP contribution in [0.25, 0.3) is 22.1 Å². The van der Waals surface area contributed by atoms with Gasteiger partial charge in [-0.1, -0.05) is 48.4 Å². The van der Waals surface area contributed by atoms with Crippen molar-refractivity contribution < 1.29 is 4.79 Å². The van der Waals surface area contributed by atoms with Crippen LogP contribution >= 0.6 is 22.7 Å². The third kappa shape index (κ3) is 9.05. The maximum Gasteiger partial charge on any atom is 0.219 e. The number of carbonyl (C=O) groups excluding carboxylic acids is 1. The van der Waals surface area contributed by atoms with Gasteiger partial charge in [0.2, 0.25) is 16.2 Å². The van der Waals surface area contributed by atoms with Crippen LogP contribution in [0.1, 0.15) is 129 Å². The first-order chi connectivity index (χ1) is 28.0. The second-order valence-corrected chi connectivity index (χ2v) is 17.9. The van der Waals surface area contributed by atoms with Crippen molar-refractivity contribution in [2.45, 2.75) is 108 Å². The molecule has 0 aromatic carbocycles. The van der Waals surface area contributed by atoms with Crippen LogP contribution in [0.4, 0.5) is 21.9 Å². The number of hydrogen-bond acceptors (Lipinski definition) is 14. The molecule has 0 radical (unpaired) electrons. The molecule has 0 bridgehead atoms. The zero-order valence-corrected chi connectivity index (χ0v) is 34.1. The number of piperidine rings is 2. The Kier molecular flexibility index (Phi) is 11.6. The summed E-state index contributed by atoms with van der Waals surface area (Å²) in [5, 5.41) is 31.4. The number of carbonyl (C=O) groups is 1. The number of anilines is 4. The van der Waals surface area contributed by atoms with E-state index in [9.17, 15) is 4.79 Å². The molecule has 0 atom stereocenters. The molecule has 8 heterocycles. The molecule has 0 spiro atoms. The smallest absolute Gasteiger partial charge is 0.219 e. The van der Waals surface area contributed by atoms with Crippen LogP contribution in [0.15, 0.2) is 48.8 Å². The highest BCUT2D eigenvalue weighted by Crippen LogP contribution is 2.38. The van der Waals surface area contributed by atoms with Crippen LogP contribution in [0, 0.1) is 0 Å². The summed E-state index contributed by atoms with van der Waals surface area (Å²) in [6.45, 7) is 5.43. The molecule has 1 amide bonds. The van der Waals surface area contributed by atoms with E-state index in [0.717, 1.165) is 93.0 Å². The van der Waals surface area contributed by atoms with E-state index in [1.165, 1.54) is 75.3 Å². The number of pyridine rings is 4. The minimum Gasteiger partial charge on any atom is -0.343 e. The van der Waals surface area contributed by atoms with Crippen molar-refractivity contribution in [1.29, 1.82) is 0 Å². The Bertz CT molecular complexity index is 2300. The van der Waals surface area contributed by atoms with E-state index in [2.05, 4.69) is 58.4 Å². The monoisotopic (exact) mass is 802 g/mol. The van der Waals surface area contributed by atoms with Crippen molar-refractivity contribution in [3.05, 3.63) is 69.9 Å². The van der Waals surface area contributed by atoms with Gasteiger partial charge in [0, 0.05) is 44.2 Å². The average Bonchev–Trinajstić information content (AvgIpc) is 4.10. The molecule has 0 unspecified atom stereocenters. The number of rotatable bonds is 8. The maximum atomic E-state index is 11.6. The number of aromatic nitrogens is 8. The third-order valence-electron chi connectivity index (χ3n) is 12.1. The van der Waals surface area contributed by atoms with Crippen LogP contribution in [-0.4, -0.2) is 77.3 Å². The van der Waals surface area contributed by atoms with Gasteiger partial charge in [0.25, 0.3) is 0 Å². The molecule has 15 heteroatoms. The third-order valence-corrected chi connectivity index (χ3v) is 14.1. The molecule has 2 aliphatic heterocycles. The highest BCUT2D eigenvalue weighted by Gasteiger charge is 2.24. The van der Waals surface area contributed by atoms with Gasteiger partial charge in [0.15, 0.2) is 0 Å². The van der Waals surface area contributed by atoms with E-state index in [1.807, 2.05) is 41.6 Å². The van der Waals surface area contributed by atoms with Gasteiger partial charge in [0.05, 0.1) is 22.1 Å². The number of nitrogens with one attached hydrogen (secondary N) is 3. The van der Waals surface area contributed by atoms with Gasteiger partial charge in [-0.25, -0.2) is 9.97 Å². The fraction of sp³-hybridized carbons (Fsp3) is 0.500. The van der Waals surface area contributed by atoms with E-state index in [-0.39, 0.29) is 5.91 Å². The predicted molar refractivity (Wildman–Crippen MR) is 227 cm³/mol. The van der Waals surface area contributed by atoms with E-state index in [4.69, 9.17) is 9.97 Å². The lowest BCUT2D eigenvalue weighted by molar-refractivity contribution is -0.129. The zero-order valence-electron chi connectivity index (χ0n) is 32.5. The first-order valence-corrected chi connectivity index (χ1v) is 22.3. The summed E-state index contributed by atoms with van der Waals surface area (Å²) in [4.78, 5) is 32.3. The molecular weight excluding hydrogens is 753 g/mol. The van der Waals surface area contributed by atoms with Crippen molar-refractivity contribution in [3.63, 3.8) is 0 Å². The van der Waals surface area contributed by atoms with Gasteiger partial charge < -0.3 is 20.9 Å². The first-order valence-electron chi connectivity index (χ1n) is 20.7. The molecule has 6 aromatic heterocycles. The summed E-state index contributed by atoms with van der Waals surface area (Å²) in [6, 6.07) is 12.3. The van der Waals surface area contributed by atoms with E-state index < -0.39 is 0 Å². The Morgan fingerprint density at radius 2 is 1.09 bits per heavy atom.